The molecule has 0 saturated carbocycles. The van der Waals surface area contributed by atoms with Crippen molar-refractivity contribution in [3.8, 4) is 11.5 Å². The number of aliphatic hydroxyl groups is 1. The van der Waals surface area contributed by atoms with Crippen LogP contribution in [0.15, 0.2) is 85.1 Å². The van der Waals surface area contributed by atoms with E-state index in [4.69, 9.17) is 14.6 Å². The molecule has 38 heavy (non-hydrogen) atoms. The minimum atomic E-state index is -0.985. The van der Waals surface area contributed by atoms with Crippen LogP contribution in [-0.4, -0.2) is 46.0 Å². The lowest BCUT2D eigenvalue weighted by molar-refractivity contribution is -0.00481. The molecule has 1 aromatic heterocycles. The van der Waals surface area contributed by atoms with Crippen molar-refractivity contribution in [2.24, 2.45) is 0 Å². The van der Waals surface area contributed by atoms with Crippen molar-refractivity contribution in [3.63, 3.8) is 0 Å². The van der Waals surface area contributed by atoms with E-state index in [0.29, 0.717) is 18.0 Å². The highest BCUT2D eigenvalue weighted by atomic mass is 16.5. The fourth-order valence-corrected chi connectivity index (χ4v) is 4.29. The standard InChI is InChI=1S/C31H34N2O5/c1-21(27-9-5-7-11-29(27)38-26-14-12-23(13-15-26)30(35)36)37-20-25(34)19-33-31(2,3)17-22-16-24-8-4-6-10-28(24)32-18-22/h4-16,18,21,25,33-34H,17,19-20H2,1-3H3,(H,35,36)/t21?,25-/m0/s1. The normalized spacial score (nSPS) is 13.3. The number of nitrogens with zero attached hydrogens (tertiary/aromatic N) is 1. The summed E-state index contributed by atoms with van der Waals surface area (Å²) in [5.41, 5.74) is 2.90. The summed E-state index contributed by atoms with van der Waals surface area (Å²) < 4.78 is 12.0. The fourth-order valence-electron chi connectivity index (χ4n) is 4.29. The molecule has 0 aliphatic carbocycles. The van der Waals surface area contributed by atoms with Gasteiger partial charge in [-0.3, -0.25) is 4.98 Å². The summed E-state index contributed by atoms with van der Waals surface area (Å²) in [7, 11) is 0. The lowest BCUT2D eigenvalue weighted by Gasteiger charge is -2.28. The lowest BCUT2D eigenvalue weighted by atomic mass is 9.95. The van der Waals surface area contributed by atoms with Crippen LogP contribution in [0.4, 0.5) is 0 Å². The second kappa shape index (κ2) is 12.2. The number of carboxylic acid groups (broad SMARTS) is 1. The molecule has 7 heteroatoms. The van der Waals surface area contributed by atoms with Gasteiger partial charge in [0.2, 0.25) is 0 Å². The topological polar surface area (TPSA) is 101 Å². The van der Waals surface area contributed by atoms with Crippen molar-refractivity contribution in [2.75, 3.05) is 13.2 Å². The molecule has 0 bridgehead atoms. The van der Waals surface area contributed by atoms with Crippen LogP contribution in [-0.2, 0) is 11.2 Å². The number of para-hydroxylation sites is 2. The smallest absolute Gasteiger partial charge is 0.335 e. The van der Waals surface area contributed by atoms with E-state index in [2.05, 4.69) is 36.3 Å². The molecule has 0 aliphatic heterocycles. The van der Waals surface area contributed by atoms with Crippen LogP contribution in [0.2, 0.25) is 0 Å². The van der Waals surface area contributed by atoms with Crippen molar-refractivity contribution in [2.45, 2.75) is 44.9 Å². The number of pyridine rings is 1. The molecule has 0 spiro atoms. The van der Waals surface area contributed by atoms with Crippen LogP contribution in [0.3, 0.4) is 0 Å². The number of carboxylic acids is 1. The van der Waals surface area contributed by atoms with Crippen molar-refractivity contribution < 1.29 is 24.5 Å². The van der Waals surface area contributed by atoms with Crippen molar-refractivity contribution in [1.82, 2.24) is 10.3 Å². The third-order valence-corrected chi connectivity index (χ3v) is 6.33. The molecule has 1 heterocycles. The Hall–Kier alpha value is -3.78. The van der Waals surface area contributed by atoms with Crippen LogP contribution in [0.5, 0.6) is 11.5 Å². The quantitative estimate of drug-likeness (QED) is 0.220. The first-order chi connectivity index (χ1) is 18.2. The molecule has 4 rings (SSSR count). The molecular formula is C31H34N2O5. The van der Waals surface area contributed by atoms with Gasteiger partial charge in [-0.2, -0.15) is 0 Å². The third-order valence-electron chi connectivity index (χ3n) is 6.33. The molecule has 198 valence electrons. The van der Waals surface area contributed by atoms with E-state index in [0.717, 1.165) is 28.5 Å². The number of rotatable bonds is 12. The highest BCUT2D eigenvalue weighted by molar-refractivity contribution is 5.87. The van der Waals surface area contributed by atoms with Gasteiger partial charge in [-0.15, -0.1) is 0 Å². The largest absolute Gasteiger partial charge is 0.478 e. The Kier molecular flexibility index (Phi) is 8.73. The molecule has 7 nitrogen and oxygen atoms in total. The summed E-state index contributed by atoms with van der Waals surface area (Å²) in [6.07, 6.45) is 1.67. The first kappa shape index (κ1) is 27.3. The molecule has 3 N–H and O–H groups in total. The maximum atomic E-state index is 11.1. The third kappa shape index (κ3) is 7.38. The number of fused-ring (bicyclic) bond motifs is 1. The highest BCUT2D eigenvalue weighted by Crippen LogP contribution is 2.31. The summed E-state index contributed by atoms with van der Waals surface area (Å²) >= 11 is 0. The van der Waals surface area contributed by atoms with E-state index < -0.39 is 12.1 Å². The maximum absolute atomic E-state index is 11.1. The first-order valence-corrected chi connectivity index (χ1v) is 12.7. The number of benzene rings is 3. The van der Waals surface area contributed by atoms with E-state index in [-0.39, 0.29) is 23.8 Å². The number of carbonyl (C=O) groups is 1. The molecule has 0 amide bonds. The SMILES string of the molecule is CC(OC[C@@H](O)CNC(C)(C)Cc1cnc2ccccc2c1)c1ccccc1Oc1ccc(C(=O)O)cc1. The number of aromatic nitrogens is 1. The Morgan fingerprint density at radius 1 is 1.03 bits per heavy atom. The van der Waals surface area contributed by atoms with Gasteiger partial charge in [-0.1, -0.05) is 36.4 Å². The van der Waals surface area contributed by atoms with Gasteiger partial charge in [0.15, 0.2) is 0 Å². The molecule has 0 radical (unpaired) electrons. The molecule has 2 atom stereocenters. The predicted molar refractivity (Wildman–Crippen MR) is 148 cm³/mol. The van der Waals surface area contributed by atoms with Crippen LogP contribution < -0.4 is 10.1 Å². The van der Waals surface area contributed by atoms with Gasteiger partial charge in [-0.25, -0.2) is 4.79 Å². The number of β-amino-alcohol motifs (C(OH)–C–C–N with tert-alkyl or cyclic N) is 1. The number of ether oxygens (including phenoxy) is 2. The summed E-state index contributed by atoms with van der Waals surface area (Å²) in [6, 6.07) is 24.0. The maximum Gasteiger partial charge on any atom is 0.335 e. The van der Waals surface area contributed by atoms with E-state index in [1.807, 2.05) is 55.6 Å². The number of aromatic carboxylic acids is 1. The summed E-state index contributed by atoms with van der Waals surface area (Å²) in [6.45, 7) is 6.66. The average molecular weight is 515 g/mol. The second-order valence-electron chi connectivity index (χ2n) is 10.1. The van der Waals surface area contributed by atoms with E-state index in [1.54, 1.807) is 12.1 Å². The summed E-state index contributed by atoms with van der Waals surface area (Å²) in [5, 5.41) is 24.3. The second-order valence-corrected chi connectivity index (χ2v) is 10.1. The van der Waals surface area contributed by atoms with Crippen LogP contribution in [0.1, 0.15) is 48.4 Å². The van der Waals surface area contributed by atoms with E-state index in [9.17, 15) is 9.90 Å². The van der Waals surface area contributed by atoms with Gasteiger partial charge < -0.3 is 25.0 Å². The summed E-state index contributed by atoms with van der Waals surface area (Å²) in [4.78, 5) is 15.6. The van der Waals surface area contributed by atoms with Gasteiger partial charge in [0.05, 0.1) is 29.9 Å². The number of hydrogen-bond donors (Lipinski definition) is 3. The van der Waals surface area contributed by atoms with Crippen LogP contribution in [0.25, 0.3) is 10.9 Å². The molecule has 1 unspecified atom stereocenters. The zero-order valence-electron chi connectivity index (χ0n) is 21.9. The zero-order chi connectivity index (χ0) is 27.1. The summed E-state index contributed by atoms with van der Waals surface area (Å²) in [5.74, 6) is 0.157. The number of nitrogens with one attached hydrogen (secondary N) is 1. The minimum absolute atomic E-state index is 0.156. The van der Waals surface area contributed by atoms with Crippen LogP contribution in [0, 0.1) is 0 Å². The molecule has 0 fully saturated rings. The van der Waals surface area contributed by atoms with Gasteiger partial charge in [0.25, 0.3) is 0 Å². The zero-order valence-corrected chi connectivity index (χ0v) is 21.9. The lowest BCUT2D eigenvalue weighted by Crippen LogP contribution is -2.46. The Morgan fingerprint density at radius 2 is 1.74 bits per heavy atom. The van der Waals surface area contributed by atoms with Crippen molar-refractivity contribution in [3.05, 3.63) is 102 Å². The van der Waals surface area contributed by atoms with E-state index >= 15 is 0 Å². The molecular weight excluding hydrogens is 480 g/mol. The minimum Gasteiger partial charge on any atom is -0.478 e. The highest BCUT2D eigenvalue weighted by Gasteiger charge is 2.21. The predicted octanol–water partition coefficient (Wildman–Crippen LogP) is 5.77. The Balaban J connectivity index is 1.29. The van der Waals surface area contributed by atoms with Gasteiger partial charge >= 0.3 is 5.97 Å². The molecule has 3 aromatic carbocycles. The molecule has 0 saturated heterocycles. The van der Waals surface area contributed by atoms with Gasteiger partial charge in [-0.05, 0) is 75.2 Å². The molecule has 0 aliphatic rings. The van der Waals surface area contributed by atoms with Crippen LogP contribution >= 0.6 is 0 Å². The Bertz CT molecular complexity index is 1370. The monoisotopic (exact) mass is 514 g/mol. The van der Waals surface area contributed by atoms with E-state index in [1.165, 1.54) is 12.1 Å². The fraction of sp³-hybridized carbons (Fsp3) is 0.290. The average Bonchev–Trinajstić information content (AvgIpc) is 2.91. The Morgan fingerprint density at radius 3 is 2.50 bits per heavy atom. The molecule has 4 aromatic rings. The Labute approximate surface area is 223 Å². The number of aliphatic hydroxyl groups excluding tert-OH is 1. The van der Waals surface area contributed by atoms with Crippen molar-refractivity contribution >= 4 is 16.9 Å². The number of hydrogen-bond acceptors (Lipinski definition) is 6. The van der Waals surface area contributed by atoms with Gasteiger partial charge in [0, 0.05) is 29.2 Å². The first-order valence-electron chi connectivity index (χ1n) is 12.7. The van der Waals surface area contributed by atoms with Crippen molar-refractivity contribution in [1.29, 1.82) is 0 Å². The van der Waals surface area contributed by atoms with Gasteiger partial charge in [0.1, 0.15) is 11.5 Å².